The fourth-order valence-corrected chi connectivity index (χ4v) is 4.02. The minimum absolute atomic E-state index is 0.486. The van der Waals surface area contributed by atoms with Crippen LogP contribution in [0.4, 0.5) is 0 Å². The molecule has 0 amide bonds. The molecule has 1 aromatic carbocycles. The SMILES string of the molecule is Cc1nn(C)c(C)c1[C@@H]1CCCN1Cc1ccc(-n2cccn2)cc1. The van der Waals surface area contributed by atoms with Gasteiger partial charge in [-0.15, -0.1) is 0 Å². The molecule has 2 aromatic heterocycles. The molecule has 1 fully saturated rings. The van der Waals surface area contributed by atoms with E-state index in [2.05, 4.69) is 53.2 Å². The highest BCUT2D eigenvalue weighted by Crippen LogP contribution is 2.36. The van der Waals surface area contributed by atoms with Crippen molar-refractivity contribution in [3.8, 4) is 5.69 Å². The normalized spacial score (nSPS) is 18.1. The van der Waals surface area contributed by atoms with Crippen LogP contribution in [0.2, 0.25) is 0 Å². The van der Waals surface area contributed by atoms with Crippen molar-refractivity contribution in [3.05, 3.63) is 65.2 Å². The van der Waals surface area contributed by atoms with Crippen LogP contribution < -0.4 is 0 Å². The van der Waals surface area contributed by atoms with Gasteiger partial charge in [-0.1, -0.05) is 12.1 Å². The molecule has 1 aliphatic heterocycles. The van der Waals surface area contributed by atoms with E-state index in [4.69, 9.17) is 0 Å². The lowest BCUT2D eigenvalue weighted by atomic mass is 10.0. The maximum Gasteiger partial charge on any atom is 0.0645 e. The van der Waals surface area contributed by atoms with E-state index in [1.54, 1.807) is 6.20 Å². The van der Waals surface area contributed by atoms with Gasteiger partial charge in [-0.25, -0.2) is 4.68 Å². The van der Waals surface area contributed by atoms with E-state index in [0.717, 1.165) is 18.8 Å². The molecule has 1 saturated heterocycles. The van der Waals surface area contributed by atoms with Gasteiger partial charge in [-0.3, -0.25) is 9.58 Å². The number of hydrogen-bond donors (Lipinski definition) is 0. The Balaban J connectivity index is 1.53. The van der Waals surface area contributed by atoms with Gasteiger partial charge in [0.1, 0.15) is 0 Å². The molecule has 5 nitrogen and oxygen atoms in total. The Morgan fingerprint density at radius 3 is 2.60 bits per heavy atom. The maximum absolute atomic E-state index is 4.62. The van der Waals surface area contributed by atoms with E-state index in [9.17, 15) is 0 Å². The van der Waals surface area contributed by atoms with Crippen LogP contribution in [0, 0.1) is 13.8 Å². The average Bonchev–Trinajstić information content (AvgIpc) is 3.32. The third-order valence-corrected chi connectivity index (χ3v) is 5.35. The molecule has 0 saturated carbocycles. The van der Waals surface area contributed by atoms with E-state index < -0.39 is 0 Å². The highest BCUT2D eigenvalue weighted by atomic mass is 15.3. The Labute approximate surface area is 148 Å². The molecule has 0 N–H and O–H groups in total. The monoisotopic (exact) mass is 335 g/mol. The van der Waals surface area contributed by atoms with Gasteiger partial charge in [0.15, 0.2) is 0 Å². The zero-order chi connectivity index (χ0) is 17.4. The fourth-order valence-electron chi connectivity index (χ4n) is 4.02. The van der Waals surface area contributed by atoms with Crippen molar-refractivity contribution in [3.63, 3.8) is 0 Å². The first-order chi connectivity index (χ1) is 12.1. The Hall–Kier alpha value is -2.40. The number of aryl methyl sites for hydroxylation is 2. The van der Waals surface area contributed by atoms with Crippen LogP contribution in [0.3, 0.4) is 0 Å². The summed E-state index contributed by atoms with van der Waals surface area (Å²) in [6.45, 7) is 6.46. The van der Waals surface area contributed by atoms with Crippen LogP contribution in [0.15, 0.2) is 42.7 Å². The van der Waals surface area contributed by atoms with Gasteiger partial charge in [-0.05, 0) is 57.0 Å². The number of benzene rings is 1. The summed E-state index contributed by atoms with van der Waals surface area (Å²) in [5.74, 6) is 0. The van der Waals surface area contributed by atoms with E-state index in [-0.39, 0.29) is 0 Å². The molecular formula is C20H25N5. The molecule has 0 spiro atoms. The summed E-state index contributed by atoms with van der Waals surface area (Å²) < 4.78 is 3.91. The first-order valence-corrected chi connectivity index (χ1v) is 8.96. The number of nitrogens with zero attached hydrogens (tertiary/aromatic N) is 5. The summed E-state index contributed by atoms with van der Waals surface area (Å²) in [4.78, 5) is 2.60. The van der Waals surface area contributed by atoms with Crippen LogP contribution in [-0.2, 0) is 13.6 Å². The lowest BCUT2D eigenvalue weighted by Crippen LogP contribution is -2.23. The predicted molar refractivity (Wildman–Crippen MR) is 98.6 cm³/mol. The van der Waals surface area contributed by atoms with Gasteiger partial charge in [0, 0.05) is 43.3 Å². The van der Waals surface area contributed by atoms with Crippen LogP contribution in [0.5, 0.6) is 0 Å². The van der Waals surface area contributed by atoms with Crippen molar-refractivity contribution in [1.82, 2.24) is 24.5 Å². The predicted octanol–water partition coefficient (Wildman–Crippen LogP) is 3.56. The fraction of sp³-hybridized carbons (Fsp3) is 0.400. The molecular weight excluding hydrogens is 310 g/mol. The third-order valence-electron chi connectivity index (χ3n) is 5.35. The van der Waals surface area contributed by atoms with Gasteiger partial charge in [0.25, 0.3) is 0 Å². The molecule has 4 rings (SSSR count). The van der Waals surface area contributed by atoms with Crippen LogP contribution in [0.25, 0.3) is 5.69 Å². The van der Waals surface area contributed by atoms with Gasteiger partial charge < -0.3 is 0 Å². The Bertz CT molecular complexity index is 845. The minimum Gasteiger partial charge on any atom is -0.292 e. The molecule has 0 radical (unpaired) electrons. The molecule has 3 aromatic rings. The second kappa shape index (κ2) is 6.48. The van der Waals surface area contributed by atoms with Crippen molar-refractivity contribution in [2.24, 2.45) is 7.05 Å². The molecule has 5 heteroatoms. The molecule has 130 valence electrons. The van der Waals surface area contributed by atoms with E-state index in [1.165, 1.54) is 35.4 Å². The second-order valence-electron chi connectivity index (χ2n) is 6.95. The van der Waals surface area contributed by atoms with Gasteiger partial charge in [0.2, 0.25) is 0 Å². The van der Waals surface area contributed by atoms with Crippen LogP contribution in [-0.4, -0.2) is 31.0 Å². The summed E-state index contributed by atoms with van der Waals surface area (Å²) in [5.41, 5.74) is 6.34. The van der Waals surface area contributed by atoms with E-state index in [0.29, 0.717) is 6.04 Å². The largest absolute Gasteiger partial charge is 0.292 e. The average molecular weight is 335 g/mol. The summed E-state index contributed by atoms with van der Waals surface area (Å²) in [5, 5.41) is 8.91. The molecule has 1 atom stereocenters. The standard InChI is InChI=1S/C20H25N5/c1-15-20(16(2)23(3)22-15)19-6-4-12-24(19)14-17-7-9-18(10-8-17)25-13-5-11-21-25/h5,7-11,13,19H,4,6,12,14H2,1-3H3/t19-/m0/s1. The Kier molecular flexibility index (Phi) is 4.17. The van der Waals surface area contributed by atoms with Crippen molar-refractivity contribution >= 4 is 0 Å². The minimum atomic E-state index is 0.486. The zero-order valence-corrected chi connectivity index (χ0v) is 15.2. The van der Waals surface area contributed by atoms with Crippen LogP contribution in [0.1, 0.15) is 41.4 Å². The zero-order valence-electron chi connectivity index (χ0n) is 15.2. The number of likely N-dealkylation sites (tertiary alicyclic amines) is 1. The lowest BCUT2D eigenvalue weighted by molar-refractivity contribution is 0.247. The summed E-state index contributed by atoms with van der Waals surface area (Å²) in [6.07, 6.45) is 6.25. The van der Waals surface area contributed by atoms with Crippen LogP contribution >= 0.6 is 0 Å². The Morgan fingerprint density at radius 1 is 1.16 bits per heavy atom. The van der Waals surface area contributed by atoms with E-state index >= 15 is 0 Å². The first kappa shape index (κ1) is 16.1. The van der Waals surface area contributed by atoms with Gasteiger partial charge >= 0.3 is 0 Å². The quantitative estimate of drug-likeness (QED) is 0.732. The molecule has 0 aliphatic carbocycles. The van der Waals surface area contributed by atoms with Crippen molar-refractivity contribution in [1.29, 1.82) is 0 Å². The summed E-state index contributed by atoms with van der Waals surface area (Å²) in [6, 6.07) is 11.2. The van der Waals surface area contributed by atoms with Crippen molar-refractivity contribution < 1.29 is 0 Å². The van der Waals surface area contributed by atoms with Crippen molar-refractivity contribution in [2.45, 2.75) is 39.3 Å². The third kappa shape index (κ3) is 3.00. The molecule has 1 aliphatic rings. The first-order valence-electron chi connectivity index (χ1n) is 8.96. The topological polar surface area (TPSA) is 38.9 Å². The van der Waals surface area contributed by atoms with Gasteiger partial charge in [-0.2, -0.15) is 10.2 Å². The smallest absolute Gasteiger partial charge is 0.0645 e. The summed E-state index contributed by atoms with van der Waals surface area (Å²) >= 11 is 0. The molecule has 25 heavy (non-hydrogen) atoms. The highest BCUT2D eigenvalue weighted by Gasteiger charge is 2.30. The highest BCUT2D eigenvalue weighted by molar-refractivity contribution is 5.34. The molecule has 3 heterocycles. The summed E-state index contributed by atoms with van der Waals surface area (Å²) in [7, 11) is 2.04. The maximum atomic E-state index is 4.62. The number of hydrogen-bond acceptors (Lipinski definition) is 3. The Morgan fingerprint density at radius 2 is 1.96 bits per heavy atom. The number of rotatable bonds is 4. The second-order valence-corrected chi connectivity index (χ2v) is 6.95. The van der Waals surface area contributed by atoms with E-state index in [1.807, 2.05) is 28.7 Å². The van der Waals surface area contributed by atoms with Crippen molar-refractivity contribution in [2.75, 3.05) is 6.54 Å². The lowest BCUT2D eigenvalue weighted by Gasteiger charge is -2.25. The molecule has 0 bridgehead atoms. The number of aromatic nitrogens is 4. The molecule has 0 unspecified atom stereocenters. The van der Waals surface area contributed by atoms with Gasteiger partial charge in [0.05, 0.1) is 11.4 Å².